The number of para-hydroxylation sites is 1. The van der Waals surface area contributed by atoms with E-state index in [9.17, 15) is 4.79 Å². The summed E-state index contributed by atoms with van der Waals surface area (Å²) in [6, 6.07) is 15.9. The molecule has 0 spiro atoms. The molecule has 1 aliphatic heterocycles. The Morgan fingerprint density at radius 1 is 1.07 bits per heavy atom. The first-order valence-corrected chi connectivity index (χ1v) is 9.55. The van der Waals surface area contributed by atoms with Crippen LogP contribution in [0.15, 0.2) is 48.5 Å². The lowest BCUT2D eigenvalue weighted by molar-refractivity contribution is 0.158. The predicted octanol–water partition coefficient (Wildman–Crippen LogP) is 4.72. The summed E-state index contributed by atoms with van der Waals surface area (Å²) in [6.07, 6.45) is 5.13. The van der Waals surface area contributed by atoms with E-state index in [2.05, 4.69) is 11.4 Å². The van der Waals surface area contributed by atoms with Crippen molar-refractivity contribution in [2.45, 2.75) is 38.1 Å². The van der Waals surface area contributed by atoms with E-state index in [1.807, 2.05) is 47.4 Å². The third-order valence-electron chi connectivity index (χ3n) is 5.13. The smallest absolute Gasteiger partial charge is 0.322 e. The van der Waals surface area contributed by atoms with Crippen molar-refractivity contribution in [1.82, 2.24) is 4.90 Å². The van der Waals surface area contributed by atoms with Crippen molar-refractivity contribution >= 4 is 11.7 Å². The Hall–Kier alpha value is -2.69. The monoisotopic (exact) mass is 368 g/mol. The first-order valence-electron chi connectivity index (χ1n) is 9.55. The van der Waals surface area contributed by atoms with E-state index >= 15 is 0 Å². The average Bonchev–Trinajstić information content (AvgIpc) is 2.73. The van der Waals surface area contributed by atoms with E-state index in [0.717, 1.165) is 49.4 Å². The van der Waals surface area contributed by atoms with Crippen molar-refractivity contribution < 1.29 is 14.3 Å². The molecule has 27 heavy (non-hydrogen) atoms. The van der Waals surface area contributed by atoms with Crippen molar-refractivity contribution in [3.63, 3.8) is 0 Å². The highest BCUT2D eigenvalue weighted by atomic mass is 16.5. The van der Waals surface area contributed by atoms with Gasteiger partial charge in [0.05, 0.1) is 14.2 Å². The maximum absolute atomic E-state index is 12.8. The van der Waals surface area contributed by atoms with Crippen molar-refractivity contribution in [2.75, 3.05) is 26.1 Å². The number of ether oxygens (including phenoxy) is 2. The van der Waals surface area contributed by atoms with Gasteiger partial charge in [-0.3, -0.25) is 0 Å². The highest BCUT2D eigenvalue weighted by molar-refractivity contribution is 5.89. The fourth-order valence-corrected chi connectivity index (χ4v) is 3.65. The molecule has 1 saturated heterocycles. The predicted molar refractivity (Wildman–Crippen MR) is 108 cm³/mol. The molecule has 0 saturated carbocycles. The second-order valence-electron chi connectivity index (χ2n) is 6.87. The zero-order chi connectivity index (χ0) is 19.1. The van der Waals surface area contributed by atoms with Gasteiger partial charge in [0, 0.05) is 18.3 Å². The van der Waals surface area contributed by atoms with Crippen molar-refractivity contribution in [3.8, 4) is 11.5 Å². The summed E-state index contributed by atoms with van der Waals surface area (Å²) in [4.78, 5) is 14.7. The topological polar surface area (TPSA) is 50.8 Å². The summed E-state index contributed by atoms with van der Waals surface area (Å²) in [5, 5.41) is 3.02. The van der Waals surface area contributed by atoms with Gasteiger partial charge in [-0.2, -0.15) is 0 Å². The van der Waals surface area contributed by atoms with Gasteiger partial charge in [0.15, 0.2) is 11.5 Å². The number of anilines is 1. The van der Waals surface area contributed by atoms with E-state index in [0.29, 0.717) is 0 Å². The number of rotatable bonds is 6. The summed E-state index contributed by atoms with van der Waals surface area (Å²) in [5.74, 6) is 1.49. The number of aryl methyl sites for hydroxylation is 1. The normalized spacial score (nSPS) is 16.7. The largest absolute Gasteiger partial charge is 0.493 e. The highest BCUT2D eigenvalue weighted by Gasteiger charge is 2.26. The second kappa shape index (κ2) is 9.31. The van der Waals surface area contributed by atoms with Gasteiger partial charge in [0.1, 0.15) is 0 Å². The van der Waals surface area contributed by atoms with Gasteiger partial charge in [0.2, 0.25) is 0 Å². The Morgan fingerprint density at radius 2 is 1.85 bits per heavy atom. The fraction of sp³-hybridized carbons (Fsp3) is 0.409. The Morgan fingerprint density at radius 3 is 2.59 bits per heavy atom. The van der Waals surface area contributed by atoms with Crippen LogP contribution in [0.3, 0.4) is 0 Å². The van der Waals surface area contributed by atoms with Gasteiger partial charge in [-0.25, -0.2) is 4.79 Å². The van der Waals surface area contributed by atoms with E-state index in [-0.39, 0.29) is 12.1 Å². The molecule has 1 atom stereocenters. The number of nitrogens with zero attached hydrogens (tertiary/aromatic N) is 1. The first kappa shape index (κ1) is 19.1. The second-order valence-corrected chi connectivity index (χ2v) is 6.87. The molecule has 0 bridgehead atoms. The Labute approximate surface area is 161 Å². The zero-order valence-electron chi connectivity index (χ0n) is 16.1. The van der Waals surface area contributed by atoms with Crippen molar-refractivity contribution in [3.05, 3.63) is 54.1 Å². The fourth-order valence-electron chi connectivity index (χ4n) is 3.65. The molecule has 2 amide bonds. The van der Waals surface area contributed by atoms with Crippen LogP contribution in [0.5, 0.6) is 11.5 Å². The van der Waals surface area contributed by atoms with E-state index < -0.39 is 0 Å². The van der Waals surface area contributed by atoms with Gasteiger partial charge in [-0.05, 0) is 61.9 Å². The molecule has 1 heterocycles. The molecule has 0 aromatic heterocycles. The van der Waals surface area contributed by atoms with Crippen LogP contribution in [0.1, 0.15) is 31.2 Å². The van der Waals surface area contributed by atoms with Crippen LogP contribution in [0.2, 0.25) is 0 Å². The molecular formula is C22H28N2O3. The minimum Gasteiger partial charge on any atom is -0.493 e. The average molecular weight is 368 g/mol. The summed E-state index contributed by atoms with van der Waals surface area (Å²) < 4.78 is 10.7. The van der Waals surface area contributed by atoms with Crippen LogP contribution in [-0.2, 0) is 6.42 Å². The SMILES string of the molecule is COc1ccc(CCC2CCCCN2C(=O)Nc2ccccc2)cc1OC. The number of hydrogen-bond donors (Lipinski definition) is 1. The third kappa shape index (κ3) is 4.94. The summed E-state index contributed by atoms with van der Waals surface area (Å²) in [7, 11) is 3.29. The molecule has 1 N–H and O–H groups in total. The van der Waals surface area contributed by atoms with Crippen LogP contribution < -0.4 is 14.8 Å². The molecule has 1 fully saturated rings. The van der Waals surface area contributed by atoms with Crippen LogP contribution in [0.25, 0.3) is 0 Å². The van der Waals surface area contributed by atoms with Crippen molar-refractivity contribution in [1.29, 1.82) is 0 Å². The third-order valence-corrected chi connectivity index (χ3v) is 5.13. The van der Waals surface area contributed by atoms with Gasteiger partial charge in [-0.1, -0.05) is 24.3 Å². The number of benzene rings is 2. The number of carbonyl (C=O) groups excluding carboxylic acids is 1. The number of methoxy groups -OCH3 is 2. The molecule has 2 aromatic carbocycles. The standard InChI is InChI=1S/C22H28N2O3/c1-26-20-14-12-17(16-21(20)27-2)11-13-19-10-6-7-15-24(19)22(25)23-18-8-4-3-5-9-18/h3-5,8-9,12,14,16,19H,6-7,10-11,13,15H2,1-2H3,(H,23,25). The van der Waals surface area contributed by atoms with Crippen LogP contribution in [-0.4, -0.2) is 37.7 Å². The lowest BCUT2D eigenvalue weighted by Crippen LogP contribution is -2.46. The Bertz CT molecular complexity index is 748. The van der Waals surface area contributed by atoms with Crippen LogP contribution >= 0.6 is 0 Å². The minimum atomic E-state index is -0.00166. The number of likely N-dealkylation sites (tertiary alicyclic amines) is 1. The maximum atomic E-state index is 12.8. The quantitative estimate of drug-likeness (QED) is 0.802. The minimum absolute atomic E-state index is 0.00166. The molecule has 144 valence electrons. The molecule has 5 heteroatoms. The summed E-state index contributed by atoms with van der Waals surface area (Å²) in [5.41, 5.74) is 2.04. The number of carbonyl (C=O) groups is 1. The van der Waals surface area contributed by atoms with Gasteiger partial charge in [-0.15, -0.1) is 0 Å². The summed E-state index contributed by atoms with van der Waals surface area (Å²) in [6.45, 7) is 0.815. The molecule has 2 aromatic rings. The molecule has 0 radical (unpaired) electrons. The number of urea groups is 1. The molecular weight excluding hydrogens is 340 g/mol. The Kier molecular flexibility index (Phi) is 6.58. The Balaban J connectivity index is 1.63. The molecule has 0 aliphatic carbocycles. The zero-order valence-corrected chi connectivity index (χ0v) is 16.1. The molecule has 5 nitrogen and oxygen atoms in total. The van der Waals surface area contributed by atoms with Crippen LogP contribution in [0, 0.1) is 0 Å². The number of amides is 2. The highest BCUT2D eigenvalue weighted by Crippen LogP contribution is 2.29. The van der Waals surface area contributed by atoms with E-state index in [4.69, 9.17) is 9.47 Å². The van der Waals surface area contributed by atoms with E-state index in [1.54, 1.807) is 14.2 Å². The lowest BCUT2D eigenvalue weighted by atomic mass is 9.96. The number of nitrogens with one attached hydrogen (secondary N) is 1. The lowest BCUT2D eigenvalue weighted by Gasteiger charge is -2.36. The van der Waals surface area contributed by atoms with E-state index in [1.165, 1.54) is 12.0 Å². The van der Waals surface area contributed by atoms with Gasteiger partial charge >= 0.3 is 6.03 Å². The summed E-state index contributed by atoms with van der Waals surface area (Å²) >= 11 is 0. The molecule has 3 rings (SSSR count). The van der Waals surface area contributed by atoms with Gasteiger partial charge in [0.25, 0.3) is 0 Å². The molecule has 1 aliphatic rings. The first-order chi connectivity index (χ1) is 13.2. The number of hydrogen-bond acceptors (Lipinski definition) is 3. The van der Waals surface area contributed by atoms with Crippen molar-refractivity contribution in [2.24, 2.45) is 0 Å². The number of piperidine rings is 1. The maximum Gasteiger partial charge on any atom is 0.322 e. The van der Waals surface area contributed by atoms with Gasteiger partial charge < -0.3 is 19.7 Å². The van der Waals surface area contributed by atoms with Crippen LogP contribution in [0.4, 0.5) is 10.5 Å². The molecule has 1 unspecified atom stereocenters.